The molecular weight excluding hydrogens is 427 g/mol. The van der Waals surface area contributed by atoms with Crippen molar-refractivity contribution in [2.24, 2.45) is 0 Å². The van der Waals surface area contributed by atoms with E-state index in [4.69, 9.17) is 5.73 Å². The van der Waals surface area contributed by atoms with Crippen molar-refractivity contribution in [2.45, 2.75) is 32.5 Å². The number of anilines is 1. The van der Waals surface area contributed by atoms with Gasteiger partial charge in [0.25, 0.3) is 11.5 Å². The van der Waals surface area contributed by atoms with Crippen LogP contribution in [0.1, 0.15) is 47.9 Å². The van der Waals surface area contributed by atoms with E-state index in [-0.39, 0.29) is 22.9 Å². The summed E-state index contributed by atoms with van der Waals surface area (Å²) in [6, 6.07) is 4.72. The largest absolute Gasteiger partial charge is 0.416 e. The second-order valence-electron chi connectivity index (χ2n) is 7.46. The summed E-state index contributed by atoms with van der Waals surface area (Å²) in [6.07, 6.45) is -2.50. The molecule has 0 saturated heterocycles. The maximum atomic E-state index is 13.1. The molecule has 1 unspecified atom stereocenters. The maximum Gasteiger partial charge on any atom is 0.416 e. The Morgan fingerprint density at radius 3 is 2.53 bits per heavy atom. The number of aromatic nitrogens is 2. The van der Waals surface area contributed by atoms with E-state index in [9.17, 15) is 27.6 Å². The van der Waals surface area contributed by atoms with Crippen LogP contribution in [-0.2, 0) is 11.0 Å². The lowest BCUT2D eigenvalue weighted by molar-refractivity contribution is -0.137. The summed E-state index contributed by atoms with van der Waals surface area (Å²) < 4.78 is 40.3. The number of nitrogens with one attached hydrogen (secondary N) is 1. The summed E-state index contributed by atoms with van der Waals surface area (Å²) in [5.41, 5.74) is 4.82. The highest BCUT2D eigenvalue weighted by atomic mass is 19.4. The average Bonchev–Trinajstić information content (AvgIpc) is 2.73. The minimum Gasteiger partial charge on any atom is -0.399 e. The van der Waals surface area contributed by atoms with E-state index in [1.807, 2.05) is 0 Å². The lowest BCUT2D eigenvalue weighted by atomic mass is 10.0. The van der Waals surface area contributed by atoms with Gasteiger partial charge in [-0.25, -0.2) is 4.68 Å². The van der Waals surface area contributed by atoms with Crippen molar-refractivity contribution in [1.82, 2.24) is 20.0 Å². The first kappa shape index (κ1) is 23.0. The molecule has 0 saturated carbocycles. The Morgan fingerprint density at radius 2 is 1.94 bits per heavy atom. The van der Waals surface area contributed by atoms with E-state index in [0.717, 1.165) is 16.8 Å². The van der Waals surface area contributed by atoms with Crippen molar-refractivity contribution in [2.75, 3.05) is 18.8 Å². The number of nitrogens with zero attached hydrogens (tertiary/aromatic N) is 3. The minimum absolute atomic E-state index is 0.0774. The van der Waals surface area contributed by atoms with Gasteiger partial charge in [-0.1, -0.05) is 0 Å². The normalized spacial score (nSPS) is 15.2. The predicted molar refractivity (Wildman–Crippen MR) is 111 cm³/mol. The fraction of sp³-hybridized carbons (Fsp3) is 0.333. The van der Waals surface area contributed by atoms with Gasteiger partial charge >= 0.3 is 6.18 Å². The smallest absolute Gasteiger partial charge is 0.399 e. The SMILES string of the molecule is CC(=O)N1CC=C(n2nc(C(=O)NC(C)c3cc(N)cc(C(F)(F)F)c3)ccc2=O)CC1. The van der Waals surface area contributed by atoms with Crippen LogP contribution in [0.3, 0.4) is 0 Å². The third-order valence-electron chi connectivity index (χ3n) is 5.09. The lowest BCUT2D eigenvalue weighted by Gasteiger charge is -2.25. The van der Waals surface area contributed by atoms with Gasteiger partial charge in [0, 0.05) is 43.9 Å². The molecule has 0 fully saturated rings. The van der Waals surface area contributed by atoms with Gasteiger partial charge in [-0.3, -0.25) is 14.4 Å². The predicted octanol–water partition coefficient (Wildman–Crippen LogP) is 2.43. The standard InChI is InChI=1S/C21H22F3N5O3/c1-12(14-9-15(21(22,23)24)11-16(25)10-14)26-20(32)18-3-4-19(31)29(27-18)17-5-7-28(8-6-17)13(2)30/h3-5,9-12H,6-8,25H2,1-2H3,(H,26,32). The third kappa shape index (κ3) is 5.16. The van der Waals surface area contributed by atoms with Gasteiger partial charge < -0.3 is 16.0 Å². The Balaban J connectivity index is 1.81. The molecule has 170 valence electrons. The summed E-state index contributed by atoms with van der Waals surface area (Å²) in [5.74, 6) is -0.748. The van der Waals surface area contributed by atoms with Gasteiger partial charge in [0.1, 0.15) is 5.69 Å². The molecule has 2 amide bonds. The second kappa shape index (κ2) is 8.85. The molecule has 1 atom stereocenters. The Kier molecular flexibility index (Phi) is 6.37. The van der Waals surface area contributed by atoms with Crippen molar-refractivity contribution < 1.29 is 22.8 Å². The second-order valence-corrected chi connectivity index (χ2v) is 7.46. The molecule has 2 aromatic rings. The van der Waals surface area contributed by atoms with Gasteiger partial charge in [0.15, 0.2) is 0 Å². The van der Waals surface area contributed by atoms with Gasteiger partial charge in [0.2, 0.25) is 5.91 Å². The molecular formula is C21H22F3N5O3. The van der Waals surface area contributed by atoms with Crippen LogP contribution in [0.5, 0.6) is 0 Å². The van der Waals surface area contributed by atoms with Crippen molar-refractivity contribution in [3.63, 3.8) is 0 Å². The fourth-order valence-electron chi connectivity index (χ4n) is 3.32. The summed E-state index contributed by atoms with van der Waals surface area (Å²) in [4.78, 5) is 38.0. The molecule has 0 radical (unpaired) electrons. The number of benzene rings is 1. The zero-order valence-corrected chi connectivity index (χ0v) is 17.4. The van der Waals surface area contributed by atoms with E-state index in [2.05, 4.69) is 10.4 Å². The fourth-order valence-corrected chi connectivity index (χ4v) is 3.32. The van der Waals surface area contributed by atoms with Crippen molar-refractivity contribution in [1.29, 1.82) is 0 Å². The van der Waals surface area contributed by atoms with Crippen LogP contribution in [0, 0.1) is 0 Å². The van der Waals surface area contributed by atoms with Crippen LogP contribution in [0.15, 0.2) is 41.2 Å². The number of hydrogen-bond acceptors (Lipinski definition) is 5. The zero-order chi connectivity index (χ0) is 23.6. The summed E-state index contributed by atoms with van der Waals surface area (Å²) >= 11 is 0. The van der Waals surface area contributed by atoms with E-state index in [1.54, 1.807) is 11.0 Å². The maximum absolute atomic E-state index is 13.1. The molecule has 0 bridgehead atoms. The topological polar surface area (TPSA) is 110 Å². The number of carbonyl (C=O) groups excluding carboxylic acids is 2. The van der Waals surface area contributed by atoms with E-state index >= 15 is 0 Å². The first-order valence-corrected chi connectivity index (χ1v) is 9.79. The van der Waals surface area contributed by atoms with Crippen molar-refractivity contribution in [3.05, 3.63) is 63.6 Å². The van der Waals surface area contributed by atoms with Gasteiger partial charge in [-0.05, 0) is 42.8 Å². The Morgan fingerprint density at radius 1 is 1.22 bits per heavy atom. The first-order chi connectivity index (χ1) is 15.0. The molecule has 8 nitrogen and oxygen atoms in total. The minimum atomic E-state index is -4.57. The van der Waals surface area contributed by atoms with E-state index in [1.165, 1.54) is 32.0 Å². The first-order valence-electron chi connectivity index (χ1n) is 9.79. The van der Waals surface area contributed by atoms with Crippen LogP contribution in [-0.4, -0.2) is 39.6 Å². The third-order valence-corrected chi connectivity index (χ3v) is 5.09. The molecule has 3 rings (SSSR count). The average molecular weight is 449 g/mol. The van der Waals surface area contributed by atoms with Crippen LogP contribution < -0.4 is 16.6 Å². The molecule has 1 aliphatic rings. The van der Waals surface area contributed by atoms with Gasteiger partial charge in [-0.15, -0.1) is 0 Å². The zero-order valence-electron chi connectivity index (χ0n) is 17.4. The Hall–Kier alpha value is -3.63. The number of rotatable bonds is 4. The van der Waals surface area contributed by atoms with E-state index < -0.39 is 29.2 Å². The summed E-state index contributed by atoms with van der Waals surface area (Å²) in [5, 5.41) is 6.68. The Bertz CT molecular complexity index is 1140. The molecule has 3 N–H and O–H groups in total. The summed E-state index contributed by atoms with van der Waals surface area (Å²) in [6.45, 7) is 3.71. The highest BCUT2D eigenvalue weighted by Crippen LogP contribution is 2.32. The molecule has 1 aliphatic heterocycles. The van der Waals surface area contributed by atoms with Crippen LogP contribution in [0.4, 0.5) is 18.9 Å². The molecule has 32 heavy (non-hydrogen) atoms. The number of carbonyl (C=O) groups is 2. The Labute approximate surface area is 181 Å². The molecule has 2 heterocycles. The number of amides is 2. The summed E-state index contributed by atoms with van der Waals surface area (Å²) in [7, 11) is 0. The van der Waals surface area contributed by atoms with Crippen LogP contribution in [0.25, 0.3) is 5.70 Å². The number of nitrogens with two attached hydrogens (primary N) is 1. The quantitative estimate of drug-likeness (QED) is 0.697. The molecule has 1 aromatic heterocycles. The molecule has 0 aliphatic carbocycles. The van der Waals surface area contributed by atoms with Crippen LogP contribution >= 0.6 is 0 Å². The highest BCUT2D eigenvalue weighted by Gasteiger charge is 2.31. The van der Waals surface area contributed by atoms with Gasteiger partial charge in [0.05, 0.1) is 11.6 Å². The van der Waals surface area contributed by atoms with Crippen molar-refractivity contribution in [3.8, 4) is 0 Å². The lowest BCUT2D eigenvalue weighted by Crippen LogP contribution is -2.36. The number of nitrogen functional groups attached to an aromatic ring is 1. The number of halogens is 3. The van der Waals surface area contributed by atoms with Crippen LogP contribution in [0.2, 0.25) is 0 Å². The van der Waals surface area contributed by atoms with E-state index in [0.29, 0.717) is 25.2 Å². The highest BCUT2D eigenvalue weighted by molar-refractivity contribution is 5.92. The molecule has 11 heteroatoms. The molecule has 0 spiro atoms. The number of alkyl halides is 3. The number of hydrogen-bond donors (Lipinski definition) is 2. The van der Waals surface area contributed by atoms with Gasteiger partial charge in [-0.2, -0.15) is 18.3 Å². The van der Waals surface area contributed by atoms with Crippen molar-refractivity contribution >= 4 is 23.2 Å². The molecule has 1 aromatic carbocycles. The monoisotopic (exact) mass is 449 g/mol.